The van der Waals surface area contributed by atoms with Crippen LogP contribution < -0.4 is 0 Å². The van der Waals surface area contributed by atoms with E-state index < -0.39 is 0 Å². The number of hydrogen-bond donors (Lipinski definition) is 0. The average Bonchev–Trinajstić information content (AvgIpc) is 1.60. The third-order valence-corrected chi connectivity index (χ3v) is 22.6. The van der Waals surface area contributed by atoms with Crippen LogP contribution in [0, 0.1) is 0 Å². The van der Waals surface area contributed by atoms with Gasteiger partial charge in [0.1, 0.15) is 44.7 Å². The summed E-state index contributed by atoms with van der Waals surface area (Å²) in [4.78, 5) is 0. The second-order valence-corrected chi connectivity index (χ2v) is 34.7. The lowest BCUT2D eigenvalue weighted by Crippen LogP contribution is -2.11. The Bertz CT molecular complexity index is 6780. The Morgan fingerprint density at radius 3 is 0.862 bits per heavy atom. The number of rotatable bonds is 8. The molecule has 116 heavy (non-hydrogen) atoms. The zero-order valence-corrected chi connectivity index (χ0v) is 68.3. The molecule has 4 heteroatoms. The molecule has 0 bridgehead atoms. The molecular formula is C112H96O4. The molecule has 0 fully saturated rings. The van der Waals surface area contributed by atoms with Gasteiger partial charge in [0.2, 0.25) is 0 Å². The summed E-state index contributed by atoms with van der Waals surface area (Å²) >= 11 is 0. The van der Waals surface area contributed by atoms with Gasteiger partial charge in [0, 0.05) is 48.7 Å². The molecule has 0 saturated heterocycles. The van der Waals surface area contributed by atoms with Gasteiger partial charge in [-0.05, 0) is 176 Å². The van der Waals surface area contributed by atoms with Crippen molar-refractivity contribution < 1.29 is 17.7 Å². The van der Waals surface area contributed by atoms with Crippen LogP contribution in [0.25, 0.3) is 177 Å². The Hall–Kier alpha value is -13.3. The van der Waals surface area contributed by atoms with Crippen LogP contribution in [0.1, 0.15) is 105 Å². The van der Waals surface area contributed by atoms with Crippen LogP contribution in [-0.2, 0) is 21.7 Å². The molecule has 4 heterocycles. The fraction of sp³-hybridized carbons (Fsp3) is 0.143. The van der Waals surface area contributed by atoms with Crippen LogP contribution in [0.2, 0.25) is 0 Å². The molecule has 0 unspecified atom stereocenters. The molecule has 0 atom stereocenters. The van der Waals surface area contributed by atoms with E-state index in [9.17, 15) is 0 Å². The van der Waals surface area contributed by atoms with Crippen LogP contribution in [0.5, 0.6) is 0 Å². The monoisotopic (exact) mass is 1500 g/mol. The molecule has 0 radical (unpaired) electrons. The van der Waals surface area contributed by atoms with Gasteiger partial charge in [-0.15, -0.1) is 0 Å². The molecule has 20 aromatic rings. The lowest BCUT2D eigenvalue weighted by Gasteiger charge is -2.20. The zero-order chi connectivity index (χ0) is 80.0. The Kier molecular flexibility index (Phi) is 20.1. The first-order chi connectivity index (χ1) is 56.1. The van der Waals surface area contributed by atoms with Crippen LogP contribution in [-0.4, -0.2) is 0 Å². The van der Waals surface area contributed by atoms with Gasteiger partial charge < -0.3 is 17.7 Å². The molecule has 4 aromatic heterocycles. The van der Waals surface area contributed by atoms with Gasteiger partial charge in [0.25, 0.3) is 0 Å². The molecule has 0 aliphatic heterocycles. The molecule has 0 N–H and O–H groups in total. The smallest absolute Gasteiger partial charge is 0.139 e. The van der Waals surface area contributed by atoms with Crippen LogP contribution >= 0.6 is 0 Å². The van der Waals surface area contributed by atoms with Gasteiger partial charge >= 0.3 is 0 Å². The van der Waals surface area contributed by atoms with E-state index >= 15 is 0 Å². The normalized spacial score (nSPS) is 12.0. The Labute approximate surface area is 681 Å². The lowest BCUT2D eigenvalue weighted by atomic mass is 9.83. The zero-order valence-electron chi connectivity index (χ0n) is 68.3. The minimum atomic E-state index is 0.0326. The quantitative estimate of drug-likeness (QED) is 0.152. The molecule has 0 aliphatic rings. The molecule has 20 rings (SSSR count). The van der Waals surface area contributed by atoms with Crippen LogP contribution in [0.15, 0.2) is 382 Å². The number of fused-ring (bicyclic) bond motifs is 12. The SMILES string of the molecule is CC(C)(C)c1ccc2c(c1)oc1cccc(-c3ccc(-c4ccccc4)cc3)c12.CC(C)(C)c1ccc2oc3cccc(-c4ccc(-c5ccccc5)cc4)c3c2c1.CC(C)(C)c1cccc2c1oc1cccc(-c3ccc(-c4ccccc4)cc3)c12.CC(C)(C)c1cccc2oc3cccc(-c4ccc(-c5ccccc5)cc4)c3c12. The van der Waals surface area contributed by atoms with Gasteiger partial charge in [-0.25, -0.2) is 0 Å². The van der Waals surface area contributed by atoms with Crippen LogP contribution in [0.3, 0.4) is 0 Å². The summed E-state index contributed by atoms with van der Waals surface area (Å²) in [6.45, 7) is 26.9. The maximum Gasteiger partial charge on any atom is 0.139 e. The van der Waals surface area contributed by atoms with E-state index in [2.05, 4.69) is 441 Å². The largest absolute Gasteiger partial charge is 0.456 e. The van der Waals surface area contributed by atoms with Gasteiger partial charge in [-0.1, -0.05) is 399 Å². The number of hydrogen-bond acceptors (Lipinski definition) is 4. The maximum atomic E-state index is 6.37. The van der Waals surface area contributed by atoms with Crippen LogP contribution in [0.4, 0.5) is 0 Å². The second-order valence-electron chi connectivity index (χ2n) is 34.7. The van der Waals surface area contributed by atoms with E-state index in [1.165, 1.54) is 154 Å². The van der Waals surface area contributed by atoms with Crippen molar-refractivity contribution in [3.63, 3.8) is 0 Å². The first-order valence-electron chi connectivity index (χ1n) is 40.5. The molecule has 0 saturated carbocycles. The second kappa shape index (κ2) is 30.9. The number of benzene rings is 16. The van der Waals surface area contributed by atoms with Crippen molar-refractivity contribution in [2.24, 2.45) is 0 Å². The minimum Gasteiger partial charge on any atom is -0.456 e. The van der Waals surface area contributed by atoms with Crippen molar-refractivity contribution in [1.82, 2.24) is 0 Å². The van der Waals surface area contributed by atoms with Gasteiger partial charge in [-0.3, -0.25) is 0 Å². The Morgan fingerprint density at radius 1 is 0.164 bits per heavy atom. The summed E-state index contributed by atoms with van der Waals surface area (Å²) in [5.41, 5.74) is 32.7. The highest BCUT2D eigenvalue weighted by atomic mass is 16.3. The fourth-order valence-electron chi connectivity index (χ4n) is 16.4. The summed E-state index contributed by atoms with van der Waals surface area (Å²) in [5, 5.41) is 9.58. The lowest BCUT2D eigenvalue weighted by molar-refractivity contribution is 0.573. The van der Waals surface area contributed by atoms with Gasteiger partial charge in [0.15, 0.2) is 0 Å². The van der Waals surface area contributed by atoms with E-state index in [0.29, 0.717) is 0 Å². The third kappa shape index (κ3) is 15.2. The maximum absolute atomic E-state index is 6.37. The van der Waals surface area contributed by atoms with Gasteiger partial charge in [0.05, 0.1) is 0 Å². The Balaban J connectivity index is 0.000000111. The molecule has 4 nitrogen and oxygen atoms in total. The first kappa shape index (κ1) is 75.4. The third-order valence-electron chi connectivity index (χ3n) is 22.6. The molecule has 0 spiro atoms. The topological polar surface area (TPSA) is 52.6 Å². The van der Waals surface area contributed by atoms with Crippen molar-refractivity contribution in [2.75, 3.05) is 0 Å². The van der Waals surface area contributed by atoms with Crippen molar-refractivity contribution in [3.8, 4) is 89.0 Å². The summed E-state index contributed by atoms with van der Waals surface area (Å²) in [6.07, 6.45) is 0. The summed E-state index contributed by atoms with van der Waals surface area (Å²) in [7, 11) is 0. The van der Waals surface area contributed by atoms with E-state index in [4.69, 9.17) is 17.7 Å². The average molecular weight is 1510 g/mol. The summed E-state index contributed by atoms with van der Waals surface area (Å²) in [5.74, 6) is 0. The number of furan rings is 4. The molecular weight excluding hydrogens is 1410 g/mol. The standard InChI is InChI=1S/4C28H24O/c1-28(2,3)24-13-7-12-23-26-22(11-8-14-25(26)29-27(23)24)21-17-15-20(16-18-21)19-9-5-4-6-10-19;1-28(2,3)23-12-8-14-25-27(23)26-22(11-7-13-24(26)29-25)21-17-15-20(16-18-21)19-9-5-4-6-10-19;1-28(2,3)22-16-17-25-24(18-22)27-23(10-7-11-26(27)29-25)21-14-12-20(13-15-21)19-8-5-4-6-9-19;1-28(2,3)22-16-17-24-26(18-22)29-25-11-7-10-23(27(24)25)21-14-12-20(13-15-21)19-8-5-4-6-9-19/h4*4-18H,1-3H3. The summed E-state index contributed by atoms with van der Waals surface area (Å²) in [6, 6.07) is 129. The van der Waals surface area contributed by atoms with Crippen molar-refractivity contribution in [2.45, 2.75) is 105 Å². The summed E-state index contributed by atoms with van der Waals surface area (Å²) < 4.78 is 25.0. The molecule has 0 aliphatic carbocycles. The molecule has 0 amide bonds. The highest BCUT2D eigenvalue weighted by Crippen LogP contribution is 2.46. The van der Waals surface area contributed by atoms with Crippen molar-refractivity contribution in [1.29, 1.82) is 0 Å². The van der Waals surface area contributed by atoms with E-state index in [-0.39, 0.29) is 21.7 Å². The van der Waals surface area contributed by atoms with E-state index in [1.807, 2.05) is 6.07 Å². The van der Waals surface area contributed by atoms with Crippen molar-refractivity contribution >= 4 is 87.8 Å². The molecule has 568 valence electrons. The number of para-hydroxylation sites is 1. The fourth-order valence-corrected chi connectivity index (χ4v) is 16.4. The van der Waals surface area contributed by atoms with E-state index in [0.717, 1.165) is 44.7 Å². The molecule has 16 aromatic carbocycles. The first-order valence-corrected chi connectivity index (χ1v) is 40.5. The Morgan fingerprint density at radius 2 is 0.457 bits per heavy atom. The minimum absolute atomic E-state index is 0.0326. The highest BCUT2D eigenvalue weighted by Gasteiger charge is 2.26. The van der Waals surface area contributed by atoms with Crippen molar-refractivity contribution in [3.05, 3.63) is 386 Å². The highest BCUT2D eigenvalue weighted by molar-refractivity contribution is 6.17. The predicted molar refractivity (Wildman–Crippen MR) is 493 cm³/mol. The predicted octanol–water partition coefficient (Wildman–Crippen LogP) is 32.9. The van der Waals surface area contributed by atoms with Gasteiger partial charge in [-0.2, -0.15) is 0 Å². The van der Waals surface area contributed by atoms with E-state index in [1.54, 1.807) is 0 Å².